The molecule has 21 heavy (non-hydrogen) atoms. The quantitative estimate of drug-likeness (QED) is 0.276. The fourth-order valence-corrected chi connectivity index (χ4v) is 1.24. The third-order valence-corrected chi connectivity index (χ3v) is 2.61. The summed E-state index contributed by atoms with van der Waals surface area (Å²) in [5.41, 5.74) is 0. The van der Waals surface area contributed by atoms with E-state index in [0.29, 0.717) is 24.3 Å². The molecule has 0 fully saturated rings. The van der Waals surface area contributed by atoms with E-state index in [4.69, 9.17) is 9.47 Å². The predicted octanol–water partition coefficient (Wildman–Crippen LogP) is 2.69. The molecule has 5 heteroatoms. The maximum absolute atomic E-state index is 11.4. The zero-order chi connectivity index (χ0) is 16.3. The van der Waals surface area contributed by atoms with Crippen LogP contribution < -0.4 is 5.32 Å². The molecule has 0 aromatic carbocycles. The van der Waals surface area contributed by atoms with Crippen molar-refractivity contribution in [3.8, 4) is 0 Å². The molecule has 0 aliphatic rings. The first-order chi connectivity index (χ1) is 9.86. The topological polar surface area (TPSA) is 59.9 Å². The fraction of sp³-hybridized carbons (Fsp3) is 0.625. The molecule has 1 N–H and O–H groups in total. The summed E-state index contributed by atoms with van der Waals surface area (Å²) < 4.78 is 10.8. The van der Waals surface area contributed by atoms with Crippen molar-refractivity contribution in [2.75, 3.05) is 19.8 Å². The van der Waals surface area contributed by atoms with Gasteiger partial charge in [-0.1, -0.05) is 27.7 Å². The van der Waals surface area contributed by atoms with Crippen LogP contribution in [0.3, 0.4) is 0 Å². The zero-order valence-electron chi connectivity index (χ0n) is 13.8. The van der Waals surface area contributed by atoms with Crippen LogP contribution in [0.25, 0.3) is 0 Å². The average Bonchev–Trinajstić information content (AvgIpc) is 2.43. The zero-order valence-corrected chi connectivity index (χ0v) is 13.8. The predicted molar refractivity (Wildman–Crippen MR) is 86.3 cm³/mol. The third kappa shape index (κ3) is 10.8. The molecule has 120 valence electrons. The first-order valence-corrected chi connectivity index (χ1v) is 7.23. The number of ketones is 1. The van der Waals surface area contributed by atoms with Crippen molar-refractivity contribution in [3.05, 3.63) is 23.8 Å². The Balaban J connectivity index is 4.21. The summed E-state index contributed by atoms with van der Waals surface area (Å²) in [5, 5.41) is 3.24. The molecule has 0 atom stereocenters. The van der Waals surface area contributed by atoms with Gasteiger partial charge < -0.3 is 14.8 Å². The van der Waals surface area contributed by atoms with Crippen LogP contribution in [-0.4, -0.2) is 38.3 Å². The number of allylic oxidation sites excluding steroid dienone is 3. The number of carbonyl (C=O) groups is 1. The summed E-state index contributed by atoms with van der Waals surface area (Å²) in [6, 6.07) is 0.423. The summed E-state index contributed by atoms with van der Waals surface area (Å²) >= 11 is 0. The van der Waals surface area contributed by atoms with Crippen LogP contribution in [-0.2, 0) is 14.3 Å². The molecule has 0 rings (SSSR count). The van der Waals surface area contributed by atoms with E-state index in [2.05, 4.69) is 30.9 Å². The first-order valence-electron chi connectivity index (χ1n) is 7.23. The van der Waals surface area contributed by atoms with Crippen molar-refractivity contribution in [1.82, 2.24) is 5.32 Å². The second kappa shape index (κ2) is 11.1. The van der Waals surface area contributed by atoms with Gasteiger partial charge in [0.1, 0.15) is 13.2 Å². The molecular formula is C16H28N2O3. The Labute approximate surface area is 128 Å². The lowest BCUT2D eigenvalue weighted by Gasteiger charge is -2.09. The maximum atomic E-state index is 11.4. The van der Waals surface area contributed by atoms with E-state index >= 15 is 0 Å². The Morgan fingerprint density at radius 2 is 1.90 bits per heavy atom. The van der Waals surface area contributed by atoms with Gasteiger partial charge in [0.05, 0.1) is 5.76 Å². The molecule has 0 amide bonds. The molecule has 0 spiro atoms. The lowest BCUT2D eigenvalue weighted by Crippen LogP contribution is -2.26. The lowest BCUT2D eigenvalue weighted by atomic mass is 10.1. The minimum atomic E-state index is -0.0180. The number of ether oxygens (including phenoxy) is 2. The van der Waals surface area contributed by atoms with Gasteiger partial charge >= 0.3 is 0 Å². The molecule has 0 aromatic heterocycles. The van der Waals surface area contributed by atoms with Crippen molar-refractivity contribution in [2.45, 2.75) is 40.7 Å². The standard InChI is InChI=1S/C16H28N2O3/c1-12(2)15(19)11-21-14(5)7-8-16(17-6)20-10-9-18-13(3)4/h7-8,12-13,18H,6,9-11H2,1-5H3/b14-7+,16-8+. The van der Waals surface area contributed by atoms with Crippen LogP contribution in [0, 0.1) is 5.92 Å². The fourth-order valence-electron chi connectivity index (χ4n) is 1.24. The van der Waals surface area contributed by atoms with Gasteiger partial charge in [0.2, 0.25) is 5.88 Å². The molecule has 5 nitrogen and oxygen atoms in total. The van der Waals surface area contributed by atoms with Crippen LogP contribution in [0.5, 0.6) is 0 Å². The number of hydrogen-bond donors (Lipinski definition) is 1. The van der Waals surface area contributed by atoms with Crippen LogP contribution in [0.1, 0.15) is 34.6 Å². The molecule has 0 saturated heterocycles. The van der Waals surface area contributed by atoms with Crippen molar-refractivity contribution in [1.29, 1.82) is 0 Å². The monoisotopic (exact) mass is 296 g/mol. The van der Waals surface area contributed by atoms with Crippen LogP contribution in [0.4, 0.5) is 0 Å². The van der Waals surface area contributed by atoms with E-state index < -0.39 is 0 Å². The van der Waals surface area contributed by atoms with Crippen molar-refractivity contribution >= 4 is 12.5 Å². The Bertz CT molecular complexity index is 385. The van der Waals surface area contributed by atoms with Gasteiger partial charge in [0.15, 0.2) is 5.78 Å². The number of nitrogens with one attached hydrogen (secondary N) is 1. The second-order valence-electron chi connectivity index (χ2n) is 5.31. The molecular weight excluding hydrogens is 268 g/mol. The number of hydrogen-bond acceptors (Lipinski definition) is 5. The third-order valence-electron chi connectivity index (χ3n) is 2.61. The van der Waals surface area contributed by atoms with Gasteiger partial charge in [-0.05, 0) is 19.7 Å². The van der Waals surface area contributed by atoms with Gasteiger partial charge in [-0.15, -0.1) is 0 Å². The molecule has 0 radical (unpaired) electrons. The summed E-state index contributed by atoms with van der Waals surface area (Å²) in [4.78, 5) is 15.2. The first kappa shape index (κ1) is 19.4. The highest BCUT2D eigenvalue weighted by atomic mass is 16.5. The Morgan fingerprint density at radius 1 is 1.24 bits per heavy atom. The van der Waals surface area contributed by atoms with Gasteiger partial charge in [-0.25, -0.2) is 4.99 Å². The highest BCUT2D eigenvalue weighted by Crippen LogP contribution is 2.04. The minimum absolute atomic E-state index is 0.0180. The second-order valence-corrected chi connectivity index (χ2v) is 5.31. The number of rotatable bonds is 11. The van der Waals surface area contributed by atoms with E-state index in [1.807, 2.05) is 13.8 Å². The Hall–Kier alpha value is -1.62. The van der Waals surface area contributed by atoms with Crippen molar-refractivity contribution < 1.29 is 14.3 Å². The smallest absolute Gasteiger partial charge is 0.212 e. The summed E-state index contributed by atoms with van der Waals surface area (Å²) in [6.45, 7) is 14.4. The van der Waals surface area contributed by atoms with Crippen LogP contribution in [0.2, 0.25) is 0 Å². The summed E-state index contributed by atoms with van der Waals surface area (Å²) in [7, 11) is 0. The number of carbonyl (C=O) groups excluding carboxylic acids is 1. The molecule has 0 unspecified atom stereocenters. The van der Waals surface area contributed by atoms with Crippen molar-refractivity contribution in [3.63, 3.8) is 0 Å². The Morgan fingerprint density at radius 3 is 2.43 bits per heavy atom. The largest absolute Gasteiger partial charge is 0.490 e. The average molecular weight is 296 g/mol. The van der Waals surface area contributed by atoms with Crippen LogP contribution >= 0.6 is 0 Å². The van der Waals surface area contributed by atoms with Gasteiger partial charge in [0, 0.05) is 24.6 Å². The van der Waals surface area contributed by atoms with E-state index in [-0.39, 0.29) is 18.3 Å². The summed E-state index contributed by atoms with van der Waals surface area (Å²) in [5.74, 6) is 1.12. The van der Waals surface area contributed by atoms with Gasteiger partial charge in [-0.2, -0.15) is 0 Å². The van der Waals surface area contributed by atoms with Crippen molar-refractivity contribution in [2.24, 2.45) is 10.9 Å². The van der Waals surface area contributed by atoms with Crippen LogP contribution in [0.15, 0.2) is 28.8 Å². The van der Waals surface area contributed by atoms with E-state index in [9.17, 15) is 4.79 Å². The number of aliphatic imine (C=N–C) groups is 1. The normalized spacial score (nSPS) is 12.7. The highest BCUT2D eigenvalue weighted by Gasteiger charge is 2.07. The number of nitrogens with zero attached hydrogens (tertiary/aromatic N) is 1. The molecule has 0 aliphatic carbocycles. The van der Waals surface area contributed by atoms with E-state index in [1.54, 1.807) is 19.1 Å². The molecule has 0 aliphatic heterocycles. The summed E-state index contributed by atoms with van der Waals surface area (Å²) in [6.07, 6.45) is 3.39. The SMILES string of the molecule is C=N/C(=C\C=C(/C)OCC(=O)C(C)C)OCCNC(C)C. The molecule has 0 heterocycles. The van der Waals surface area contributed by atoms with Gasteiger partial charge in [0.25, 0.3) is 0 Å². The van der Waals surface area contributed by atoms with E-state index in [0.717, 1.165) is 6.54 Å². The van der Waals surface area contributed by atoms with E-state index in [1.165, 1.54) is 0 Å². The maximum Gasteiger partial charge on any atom is 0.212 e. The molecule has 0 bridgehead atoms. The Kier molecular flexibility index (Phi) is 10.2. The van der Waals surface area contributed by atoms with Gasteiger partial charge in [-0.3, -0.25) is 4.79 Å². The highest BCUT2D eigenvalue weighted by molar-refractivity contribution is 5.81. The number of Topliss-reactive ketones (excluding diaryl/α,β-unsaturated/α-hetero) is 1. The lowest BCUT2D eigenvalue weighted by molar-refractivity contribution is -0.125. The minimum Gasteiger partial charge on any atom is -0.490 e. The molecule has 0 aromatic rings. The molecule has 0 saturated carbocycles.